The van der Waals surface area contributed by atoms with Crippen LogP contribution in [0, 0.1) is 0 Å². The fourth-order valence-electron chi connectivity index (χ4n) is 2.34. The van der Waals surface area contributed by atoms with Crippen LogP contribution in [-0.2, 0) is 6.42 Å². The molecule has 0 aliphatic rings. The molecule has 20 heavy (non-hydrogen) atoms. The molecule has 102 valence electrons. The van der Waals surface area contributed by atoms with Crippen LogP contribution in [0.5, 0.6) is 5.75 Å². The van der Waals surface area contributed by atoms with Gasteiger partial charge in [0, 0.05) is 12.5 Å². The van der Waals surface area contributed by atoms with Gasteiger partial charge in [-0.3, -0.25) is 0 Å². The second kappa shape index (κ2) is 5.35. The zero-order valence-electron chi connectivity index (χ0n) is 11.2. The normalized spacial score (nSPS) is 10.9. The maximum Gasteiger partial charge on any atom is 0.139 e. The van der Waals surface area contributed by atoms with Crippen LogP contribution < -0.4 is 4.74 Å². The van der Waals surface area contributed by atoms with Crippen LogP contribution in [0.4, 0.5) is 0 Å². The lowest BCUT2D eigenvalue weighted by atomic mass is 10.0. The molecule has 4 nitrogen and oxygen atoms in total. The van der Waals surface area contributed by atoms with E-state index in [1.165, 1.54) is 0 Å². The first-order chi connectivity index (χ1) is 9.83. The highest BCUT2D eigenvalue weighted by Crippen LogP contribution is 2.36. The molecule has 0 saturated carbocycles. The van der Waals surface area contributed by atoms with Gasteiger partial charge in [0.25, 0.3) is 0 Å². The summed E-state index contributed by atoms with van der Waals surface area (Å²) in [6, 6.07) is 13.9. The van der Waals surface area contributed by atoms with Crippen molar-refractivity contribution >= 4 is 10.8 Å². The van der Waals surface area contributed by atoms with Gasteiger partial charge in [-0.15, -0.1) is 0 Å². The summed E-state index contributed by atoms with van der Waals surface area (Å²) < 4.78 is 10.7. The second-order valence-electron chi connectivity index (χ2n) is 4.52. The zero-order chi connectivity index (χ0) is 13.9. The lowest BCUT2D eigenvalue weighted by Gasteiger charge is -2.09. The van der Waals surface area contributed by atoms with Gasteiger partial charge in [0.15, 0.2) is 0 Å². The van der Waals surface area contributed by atoms with Crippen LogP contribution in [0.1, 0.15) is 5.76 Å². The number of aromatic nitrogens is 1. The Bertz CT molecular complexity index is 733. The van der Waals surface area contributed by atoms with Crippen LogP contribution in [0.15, 0.2) is 47.0 Å². The molecule has 0 aliphatic carbocycles. The third-order valence-electron chi connectivity index (χ3n) is 3.28. The summed E-state index contributed by atoms with van der Waals surface area (Å²) in [5.41, 5.74) is 1.64. The Balaban J connectivity index is 2.21. The van der Waals surface area contributed by atoms with Crippen LogP contribution in [0.3, 0.4) is 0 Å². The number of methoxy groups -OCH3 is 1. The number of nitrogens with zero attached hydrogens (tertiary/aromatic N) is 1. The van der Waals surface area contributed by atoms with Crippen molar-refractivity contribution in [3.63, 3.8) is 0 Å². The lowest BCUT2D eigenvalue weighted by molar-refractivity contribution is 0.277. The van der Waals surface area contributed by atoms with Crippen molar-refractivity contribution in [1.29, 1.82) is 0 Å². The van der Waals surface area contributed by atoms with Gasteiger partial charge in [-0.2, -0.15) is 0 Å². The van der Waals surface area contributed by atoms with E-state index in [1.807, 2.05) is 42.5 Å². The summed E-state index contributed by atoms with van der Waals surface area (Å²) in [6.45, 7) is 0.0430. The van der Waals surface area contributed by atoms with Gasteiger partial charge in [0.2, 0.25) is 0 Å². The van der Waals surface area contributed by atoms with Crippen molar-refractivity contribution < 1.29 is 14.4 Å². The molecule has 0 radical (unpaired) electrons. The quantitative estimate of drug-likeness (QED) is 0.791. The minimum atomic E-state index is 0.0430. The Morgan fingerprint density at radius 2 is 2.05 bits per heavy atom. The Morgan fingerprint density at radius 3 is 2.85 bits per heavy atom. The van der Waals surface area contributed by atoms with Crippen molar-refractivity contribution in [2.45, 2.75) is 6.42 Å². The highest BCUT2D eigenvalue weighted by atomic mass is 16.5. The highest BCUT2D eigenvalue weighted by Gasteiger charge is 2.14. The zero-order valence-corrected chi connectivity index (χ0v) is 11.2. The number of ether oxygens (including phenoxy) is 1. The molecular formula is C16H15NO3. The number of benzene rings is 2. The van der Waals surface area contributed by atoms with Crippen LogP contribution in [0.25, 0.3) is 22.0 Å². The standard InChI is InChI=1S/C16H15NO3/c1-19-15-7-6-11-4-2-3-5-13(11)16(15)14-10-12(8-9-18)20-17-14/h2-7,10,18H,8-9H2,1H3. The van der Waals surface area contributed by atoms with E-state index >= 15 is 0 Å². The molecule has 3 aromatic rings. The maximum atomic E-state index is 8.96. The molecule has 0 unspecified atom stereocenters. The molecule has 0 spiro atoms. The topological polar surface area (TPSA) is 55.5 Å². The van der Waals surface area contributed by atoms with Crippen molar-refractivity contribution in [3.8, 4) is 17.0 Å². The molecule has 0 saturated heterocycles. The smallest absolute Gasteiger partial charge is 0.139 e. The molecule has 1 N–H and O–H groups in total. The van der Waals surface area contributed by atoms with Gasteiger partial charge >= 0.3 is 0 Å². The molecule has 0 atom stereocenters. The second-order valence-corrected chi connectivity index (χ2v) is 4.52. The van der Waals surface area contributed by atoms with Gasteiger partial charge in [0.1, 0.15) is 17.2 Å². The number of hydrogen-bond donors (Lipinski definition) is 1. The first-order valence-electron chi connectivity index (χ1n) is 6.46. The van der Waals surface area contributed by atoms with Gasteiger partial charge < -0.3 is 14.4 Å². The molecule has 1 aromatic heterocycles. The Hall–Kier alpha value is -2.33. The van der Waals surface area contributed by atoms with Crippen molar-refractivity contribution in [2.24, 2.45) is 0 Å². The van der Waals surface area contributed by atoms with Gasteiger partial charge in [0.05, 0.1) is 19.3 Å². The molecule has 0 bridgehead atoms. The Kier molecular flexibility index (Phi) is 3.39. The number of aliphatic hydroxyl groups is 1. The van der Waals surface area contributed by atoms with E-state index in [4.69, 9.17) is 14.4 Å². The van der Waals surface area contributed by atoms with E-state index in [2.05, 4.69) is 5.16 Å². The summed E-state index contributed by atoms with van der Waals surface area (Å²) in [4.78, 5) is 0. The fourth-order valence-corrected chi connectivity index (χ4v) is 2.34. The third-order valence-corrected chi connectivity index (χ3v) is 3.28. The fraction of sp³-hybridized carbons (Fsp3) is 0.188. The average molecular weight is 269 g/mol. The number of rotatable bonds is 4. The van der Waals surface area contributed by atoms with Crippen molar-refractivity contribution in [3.05, 3.63) is 48.2 Å². The van der Waals surface area contributed by atoms with Crippen LogP contribution in [0.2, 0.25) is 0 Å². The molecule has 0 aliphatic heterocycles. The summed E-state index contributed by atoms with van der Waals surface area (Å²) in [6.07, 6.45) is 0.458. The van der Waals surface area contributed by atoms with E-state index in [0.717, 1.165) is 27.8 Å². The molecule has 2 aromatic carbocycles. The van der Waals surface area contributed by atoms with E-state index in [9.17, 15) is 0 Å². The number of aliphatic hydroxyl groups excluding tert-OH is 1. The molecule has 4 heteroatoms. The van der Waals surface area contributed by atoms with Gasteiger partial charge in [-0.25, -0.2) is 0 Å². The Labute approximate surface area is 116 Å². The summed E-state index contributed by atoms with van der Waals surface area (Å²) in [5.74, 6) is 1.42. The highest BCUT2D eigenvalue weighted by molar-refractivity contribution is 5.98. The predicted octanol–water partition coefficient (Wildman–Crippen LogP) is 3.04. The molecule has 0 amide bonds. The predicted molar refractivity (Wildman–Crippen MR) is 76.8 cm³/mol. The summed E-state index contributed by atoms with van der Waals surface area (Å²) >= 11 is 0. The van der Waals surface area contributed by atoms with Gasteiger partial charge in [-0.1, -0.05) is 35.5 Å². The molecule has 1 heterocycles. The Morgan fingerprint density at radius 1 is 1.20 bits per heavy atom. The number of hydrogen-bond acceptors (Lipinski definition) is 4. The minimum absolute atomic E-state index is 0.0430. The minimum Gasteiger partial charge on any atom is -0.496 e. The largest absolute Gasteiger partial charge is 0.496 e. The third kappa shape index (κ3) is 2.14. The SMILES string of the molecule is COc1ccc2ccccc2c1-c1cc(CCO)on1. The van der Waals surface area contributed by atoms with E-state index in [-0.39, 0.29) is 6.61 Å². The maximum absolute atomic E-state index is 8.96. The van der Waals surface area contributed by atoms with Crippen LogP contribution in [-0.4, -0.2) is 24.0 Å². The van der Waals surface area contributed by atoms with E-state index < -0.39 is 0 Å². The average Bonchev–Trinajstić information content (AvgIpc) is 2.94. The van der Waals surface area contributed by atoms with E-state index in [1.54, 1.807) is 7.11 Å². The molecule has 0 fully saturated rings. The van der Waals surface area contributed by atoms with Crippen molar-refractivity contribution in [1.82, 2.24) is 5.16 Å². The van der Waals surface area contributed by atoms with Gasteiger partial charge in [-0.05, 0) is 16.8 Å². The van der Waals surface area contributed by atoms with Crippen LogP contribution >= 0.6 is 0 Å². The lowest BCUT2D eigenvalue weighted by Crippen LogP contribution is -1.90. The molecule has 3 rings (SSSR count). The van der Waals surface area contributed by atoms with E-state index in [0.29, 0.717) is 12.2 Å². The monoisotopic (exact) mass is 269 g/mol. The first-order valence-corrected chi connectivity index (χ1v) is 6.46. The summed E-state index contributed by atoms with van der Waals surface area (Å²) in [7, 11) is 1.64. The summed E-state index contributed by atoms with van der Waals surface area (Å²) in [5, 5.41) is 15.2. The first kappa shape index (κ1) is 12.7. The number of fused-ring (bicyclic) bond motifs is 1. The molecular weight excluding hydrogens is 254 g/mol. The van der Waals surface area contributed by atoms with Crippen molar-refractivity contribution in [2.75, 3.05) is 13.7 Å².